The second kappa shape index (κ2) is 3.61. The largest absolute Gasteiger partial charge is 0.375 e. The fraction of sp³-hybridized carbons (Fsp3) is 1.00. The van der Waals surface area contributed by atoms with Gasteiger partial charge in [0, 0.05) is 0 Å². The highest BCUT2D eigenvalue weighted by molar-refractivity contribution is 4.95. The van der Waals surface area contributed by atoms with Crippen molar-refractivity contribution in [2.75, 3.05) is 6.61 Å². The topological polar surface area (TPSA) is 9.23 Å². The molecule has 0 N–H and O–H groups in total. The molecule has 1 aliphatic carbocycles. The van der Waals surface area contributed by atoms with Crippen LogP contribution in [-0.2, 0) is 4.74 Å². The predicted octanol–water partition coefficient (Wildman–Crippen LogP) is 3.38. The molecule has 2 fully saturated rings. The van der Waals surface area contributed by atoms with Gasteiger partial charge in [0.2, 0.25) is 0 Å². The lowest BCUT2D eigenvalue weighted by atomic mass is 9.75. The van der Waals surface area contributed by atoms with Crippen LogP contribution >= 0.6 is 0 Å². The number of hydrogen-bond donors (Lipinski definition) is 0. The monoisotopic (exact) mass is 182 g/mol. The summed E-state index contributed by atoms with van der Waals surface area (Å²) in [6.07, 6.45) is 8.14. The average molecular weight is 182 g/mol. The van der Waals surface area contributed by atoms with Crippen LogP contribution in [-0.4, -0.2) is 12.2 Å². The Labute approximate surface area is 81.9 Å². The van der Waals surface area contributed by atoms with Gasteiger partial charge in [0.25, 0.3) is 0 Å². The van der Waals surface area contributed by atoms with Gasteiger partial charge in [0.05, 0.1) is 12.2 Å². The van der Waals surface area contributed by atoms with Crippen LogP contribution in [0.2, 0.25) is 0 Å². The van der Waals surface area contributed by atoms with Gasteiger partial charge in [-0.2, -0.15) is 0 Å². The van der Waals surface area contributed by atoms with Crippen molar-refractivity contribution in [1.82, 2.24) is 0 Å². The first-order chi connectivity index (χ1) is 6.24. The lowest BCUT2D eigenvalue weighted by Crippen LogP contribution is -2.35. The first kappa shape index (κ1) is 9.51. The summed E-state index contributed by atoms with van der Waals surface area (Å²) in [6.45, 7) is 5.70. The van der Waals surface area contributed by atoms with Crippen molar-refractivity contribution in [3.63, 3.8) is 0 Å². The predicted molar refractivity (Wildman–Crippen MR) is 54.7 cm³/mol. The zero-order chi connectivity index (χ0) is 9.31. The van der Waals surface area contributed by atoms with Gasteiger partial charge in [-0.05, 0) is 43.9 Å². The molecule has 0 radical (unpaired) electrons. The third-order valence-electron chi connectivity index (χ3n) is 3.98. The van der Waals surface area contributed by atoms with E-state index in [0.717, 1.165) is 18.4 Å². The van der Waals surface area contributed by atoms with Gasteiger partial charge in [-0.3, -0.25) is 0 Å². The molecule has 1 aliphatic heterocycles. The Bertz CT molecular complexity index is 172. The highest BCUT2D eigenvalue weighted by Gasteiger charge is 2.44. The minimum absolute atomic E-state index is 0.373. The van der Waals surface area contributed by atoms with E-state index in [2.05, 4.69) is 13.8 Å². The van der Waals surface area contributed by atoms with Gasteiger partial charge in [-0.15, -0.1) is 0 Å². The Balaban J connectivity index is 1.78. The van der Waals surface area contributed by atoms with Crippen LogP contribution in [0.25, 0.3) is 0 Å². The maximum absolute atomic E-state index is 5.93. The second-order valence-corrected chi connectivity index (χ2v) is 5.17. The number of ether oxygens (including phenoxy) is 1. The van der Waals surface area contributed by atoms with Crippen molar-refractivity contribution >= 4 is 0 Å². The maximum atomic E-state index is 5.93. The summed E-state index contributed by atoms with van der Waals surface area (Å²) < 4.78 is 5.93. The summed E-state index contributed by atoms with van der Waals surface area (Å²) in [6, 6.07) is 0. The Hall–Kier alpha value is -0.0400. The van der Waals surface area contributed by atoms with Crippen molar-refractivity contribution in [2.24, 2.45) is 11.8 Å². The van der Waals surface area contributed by atoms with Crippen LogP contribution in [0.5, 0.6) is 0 Å². The van der Waals surface area contributed by atoms with Crippen LogP contribution in [0.1, 0.15) is 52.4 Å². The molecule has 2 rings (SSSR count). The van der Waals surface area contributed by atoms with Gasteiger partial charge in [0.1, 0.15) is 0 Å². The van der Waals surface area contributed by atoms with Gasteiger partial charge >= 0.3 is 0 Å². The van der Waals surface area contributed by atoms with Crippen molar-refractivity contribution in [3.8, 4) is 0 Å². The smallest absolute Gasteiger partial charge is 0.0686 e. The van der Waals surface area contributed by atoms with E-state index >= 15 is 0 Å². The van der Waals surface area contributed by atoms with E-state index in [1.807, 2.05) is 0 Å². The second-order valence-electron chi connectivity index (χ2n) is 5.17. The Morgan fingerprint density at radius 3 is 2.69 bits per heavy atom. The van der Waals surface area contributed by atoms with Gasteiger partial charge in [-0.1, -0.05) is 20.3 Å². The van der Waals surface area contributed by atoms with Crippen LogP contribution in [0.3, 0.4) is 0 Å². The van der Waals surface area contributed by atoms with Crippen LogP contribution in [0, 0.1) is 11.8 Å². The zero-order valence-electron chi connectivity index (χ0n) is 9.01. The molecule has 0 aromatic heterocycles. The van der Waals surface area contributed by atoms with Gasteiger partial charge < -0.3 is 4.74 Å². The zero-order valence-corrected chi connectivity index (χ0v) is 9.01. The molecule has 0 aromatic rings. The fourth-order valence-electron chi connectivity index (χ4n) is 2.75. The van der Waals surface area contributed by atoms with Crippen LogP contribution in [0.15, 0.2) is 0 Å². The number of hydrogen-bond acceptors (Lipinski definition) is 1. The van der Waals surface area contributed by atoms with Gasteiger partial charge in [0.15, 0.2) is 0 Å². The summed E-state index contributed by atoms with van der Waals surface area (Å²) in [4.78, 5) is 0. The summed E-state index contributed by atoms with van der Waals surface area (Å²) in [5, 5.41) is 0. The van der Waals surface area contributed by atoms with E-state index in [-0.39, 0.29) is 0 Å². The van der Waals surface area contributed by atoms with E-state index in [9.17, 15) is 0 Å². The van der Waals surface area contributed by atoms with Crippen molar-refractivity contribution in [2.45, 2.75) is 58.0 Å². The standard InChI is InChI=1S/C12H22O/c1-3-10(2)7-11-8-12(13-9-11)5-4-6-12/h10-11H,3-9H2,1-2H3. The van der Waals surface area contributed by atoms with E-state index < -0.39 is 0 Å². The molecular formula is C12H22O. The highest BCUT2D eigenvalue weighted by Crippen LogP contribution is 2.46. The first-order valence-corrected chi connectivity index (χ1v) is 5.88. The molecule has 1 nitrogen and oxygen atoms in total. The lowest BCUT2D eigenvalue weighted by Gasteiger charge is -2.37. The summed E-state index contributed by atoms with van der Waals surface area (Å²) >= 11 is 0. The summed E-state index contributed by atoms with van der Waals surface area (Å²) in [7, 11) is 0. The van der Waals surface area contributed by atoms with Crippen LogP contribution in [0.4, 0.5) is 0 Å². The Morgan fingerprint density at radius 1 is 1.46 bits per heavy atom. The van der Waals surface area contributed by atoms with E-state index in [0.29, 0.717) is 5.60 Å². The van der Waals surface area contributed by atoms with Gasteiger partial charge in [-0.25, -0.2) is 0 Å². The van der Waals surface area contributed by atoms with E-state index in [1.54, 1.807) is 0 Å². The molecule has 2 unspecified atom stereocenters. The normalized spacial score (nSPS) is 33.2. The maximum Gasteiger partial charge on any atom is 0.0686 e. The minimum atomic E-state index is 0.373. The molecule has 2 atom stereocenters. The molecule has 0 amide bonds. The molecule has 1 spiro atoms. The van der Waals surface area contributed by atoms with E-state index in [1.165, 1.54) is 38.5 Å². The summed E-state index contributed by atoms with van der Waals surface area (Å²) in [5.41, 5.74) is 0.373. The Morgan fingerprint density at radius 2 is 2.23 bits per heavy atom. The molecular weight excluding hydrogens is 160 g/mol. The van der Waals surface area contributed by atoms with Crippen molar-refractivity contribution < 1.29 is 4.74 Å². The molecule has 1 saturated heterocycles. The molecule has 0 aromatic carbocycles. The van der Waals surface area contributed by atoms with Crippen LogP contribution < -0.4 is 0 Å². The third-order valence-corrected chi connectivity index (χ3v) is 3.98. The highest BCUT2D eigenvalue weighted by atomic mass is 16.5. The molecule has 13 heavy (non-hydrogen) atoms. The lowest BCUT2D eigenvalue weighted by molar-refractivity contribution is -0.0565. The van der Waals surface area contributed by atoms with Crippen molar-refractivity contribution in [3.05, 3.63) is 0 Å². The molecule has 1 heterocycles. The SMILES string of the molecule is CCC(C)CC1COC2(CCC2)C1. The fourth-order valence-corrected chi connectivity index (χ4v) is 2.75. The molecule has 76 valence electrons. The molecule has 0 bridgehead atoms. The number of rotatable bonds is 3. The van der Waals surface area contributed by atoms with E-state index in [4.69, 9.17) is 4.74 Å². The molecule has 1 heteroatoms. The minimum Gasteiger partial charge on any atom is -0.375 e. The first-order valence-electron chi connectivity index (χ1n) is 5.88. The summed E-state index contributed by atoms with van der Waals surface area (Å²) in [5.74, 6) is 1.76. The third kappa shape index (κ3) is 1.90. The Kier molecular flexibility index (Phi) is 2.64. The van der Waals surface area contributed by atoms with Crippen molar-refractivity contribution in [1.29, 1.82) is 0 Å². The average Bonchev–Trinajstić information content (AvgIpc) is 2.48. The molecule has 2 aliphatic rings. The quantitative estimate of drug-likeness (QED) is 0.650. The molecule has 1 saturated carbocycles.